The van der Waals surface area contributed by atoms with Gasteiger partial charge in [0, 0.05) is 12.7 Å². The molecule has 1 aromatic heterocycles. The molecule has 134 valence electrons. The largest absolute Gasteiger partial charge is 0.266 e. The van der Waals surface area contributed by atoms with Gasteiger partial charge in [-0.1, -0.05) is 71.7 Å². The molecule has 2 aromatic carbocycles. The first-order valence-electron chi connectivity index (χ1n) is 7.91. The van der Waals surface area contributed by atoms with Gasteiger partial charge in [-0.2, -0.15) is 0 Å². The zero-order chi connectivity index (χ0) is 18.6. The van der Waals surface area contributed by atoms with E-state index in [1.165, 1.54) is 16.6 Å². The summed E-state index contributed by atoms with van der Waals surface area (Å²) in [5, 5.41) is 0.171. The first kappa shape index (κ1) is 18.7. The molecule has 0 aliphatic rings. The van der Waals surface area contributed by atoms with Crippen LogP contribution in [0.15, 0.2) is 77.8 Å². The summed E-state index contributed by atoms with van der Waals surface area (Å²) in [5.74, 6) is 0. The summed E-state index contributed by atoms with van der Waals surface area (Å²) in [7, 11) is -3.84. The van der Waals surface area contributed by atoms with Crippen LogP contribution >= 0.6 is 23.2 Å². The van der Waals surface area contributed by atoms with Crippen molar-refractivity contribution < 1.29 is 8.42 Å². The molecule has 3 aromatic rings. The third-order valence-corrected chi connectivity index (χ3v) is 6.33. The van der Waals surface area contributed by atoms with E-state index in [2.05, 4.69) is 4.98 Å². The fourth-order valence-electron chi connectivity index (χ4n) is 2.53. The lowest BCUT2D eigenvalue weighted by atomic mass is 10.1. The highest BCUT2D eigenvalue weighted by Gasteiger charge is 2.26. The van der Waals surface area contributed by atoms with Crippen LogP contribution in [0.3, 0.4) is 0 Å². The van der Waals surface area contributed by atoms with Crippen molar-refractivity contribution in [3.05, 3.63) is 88.7 Å². The van der Waals surface area contributed by atoms with Gasteiger partial charge in [0.15, 0.2) is 0 Å². The van der Waals surface area contributed by atoms with E-state index >= 15 is 0 Å². The third-order valence-electron chi connectivity index (χ3n) is 3.85. The van der Waals surface area contributed by atoms with E-state index in [-0.39, 0.29) is 21.6 Å². The van der Waals surface area contributed by atoms with Crippen molar-refractivity contribution >= 4 is 38.9 Å². The SMILES string of the molecule is O=S(=O)(c1cnc(Cl)c(Cl)c1)N(CCc1ccccc1)c1ccccc1. The summed E-state index contributed by atoms with van der Waals surface area (Å²) >= 11 is 11.8. The monoisotopic (exact) mass is 406 g/mol. The first-order valence-corrected chi connectivity index (χ1v) is 10.1. The van der Waals surface area contributed by atoms with Gasteiger partial charge in [-0.15, -0.1) is 0 Å². The molecule has 26 heavy (non-hydrogen) atoms. The number of halogens is 2. The number of sulfonamides is 1. The van der Waals surface area contributed by atoms with E-state index in [9.17, 15) is 8.42 Å². The maximum atomic E-state index is 13.2. The third kappa shape index (κ3) is 4.18. The Balaban J connectivity index is 1.97. The van der Waals surface area contributed by atoms with Crippen LogP contribution in [0, 0.1) is 0 Å². The van der Waals surface area contributed by atoms with Crippen molar-refractivity contribution in [1.82, 2.24) is 4.98 Å². The summed E-state index contributed by atoms with van der Waals surface area (Å²) in [4.78, 5) is 3.87. The molecule has 0 atom stereocenters. The highest BCUT2D eigenvalue weighted by Crippen LogP contribution is 2.27. The van der Waals surface area contributed by atoms with E-state index in [0.29, 0.717) is 12.1 Å². The highest BCUT2D eigenvalue weighted by molar-refractivity contribution is 7.92. The van der Waals surface area contributed by atoms with Crippen LogP contribution in [0.25, 0.3) is 0 Å². The molecule has 0 amide bonds. The van der Waals surface area contributed by atoms with Crippen LogP contribution in [0.2, 0.25) is 10.2 Å². The van der Waals surface area contributed by atoms with Crippen molar-refractivity contribution in [1.29, 1.82) is 0 Å². The maximum Gasteiger partial charge on any atom is 0.265 e. The molecule has 1 heterocycles. The Hall–Kier alpha value is -2.08. The van der Waals surface area contributed by atoms with E-state index in [0.717, 1.165) is 5.56 Å². The number of nitrogens with zero attached hydrogens (tertiary/aromatic N) is 2. The fourth-order valence-corrected chi connectivity index (χ4v) is 4.30. The van der Waals surface area contributed by atoms with Gasteiger partial charge >= 0.3 is 0 Å². The predicted molar refractivity (Wildman–Crippen MR) is 105 cm³/mol. The van der Waals surface area contributed by atoms with Gasteiger partial charge in [-0.25, -0.2) is 13.4 Å². The summed E-state index contributed by atoms with van der Waals surface area (Å²) < 4.78 is 27.8. The minimum atomic E-state index is -3.84. The van der Waals surface area contributed by atoms with Gasteiger partial charge in [0.2, 0.25) is 0 Å². The second-order valence-corrected chi connectivity index (χ2v) is 8.22. The lowest BCUT2D eigenvalue weighted by Crippen LogP contribution is -2.33. The second kappa shape index (κ2) is 8.08. The number of benzene rings is 2. The average molecular weight is 407 g/mol. The number of hydrogen-bond acceptors (Lipinski definition) is 3. The number of hydrogen-bond donors (Lipinski definition) is 0. The maximum absolute atomic E-state index is 13.2. The van der Waals surface area contributed by atoms with Crippen LogP contribution < -0.4 is 4.31 Å². The van der Waals surface area contributed by atoms with Gasteiger partial charge in [-0.3, -0.25) is 4.31 Å². The molecule has 4 nitrogen and oxygen atoms in total. The minimum absolute atomic E-state index is 0.00353. The van der Waals surface area contributed by atoms with Crippen LogP contribution in [-0.4, -0.2) is 19.9 Å². The number of pyridine rings is 1. The molecule has 0 radical (unpaired) electrons. The zero-order valence-corrected chi connectivity index (χ0v) is 16.0. The Morgan fingerprint density at radius 3 is 2.15 bits per heavy atom. The number of rotatable bonds is 6. The Labute approximate surface area is 163 Å². The first-order chi connectivity index (χ1) is 12.5. The number of para-hydroxylation sites is 1. The molecule has 0 saturated heterocycles. The van der Waals surface area contributed by atoms with Crippen LogP contribution in [-0.2, 0) is 16.4 Å². The van der Waals surface area contributed by atoms with E-state index in [1.54, 1.807) is 24.3 Å². The predicted octanol–water partition coefficient (Wildman–Crippen LogP) is 4.83. The summed E-state index contributed by atoms with van der Waals surface area (Å²) in [6, 6.07) is 20.0. The summed E-state index contributed by atoms with van der Waals surface area (Å²) in [6.45, 7) is 0.288. The minimum Gasteiger partial charge on any atom is -0.266 e. The van der Waals surface area contributed by atoms with Gasteiger partial charge in [0.05, 0.1) is 10.7 Å². The average Bonchev–Trinajstić information content (AvgIpc) is 2.65. The van der Waals surface area contributed by atoms with Crippen LogP contribution in [0.5, 0.6) is 0 Å². The van der Waals surface area contributed by atoms with Gasteiger partial charge in [0.1, 0.15) is 10.0 Å². The molecule has 7 heteroatoms. The highest BCUT2D eigenvalue weighted by atomic mass is 35.5. The fraction of sp³-hybridized carbons (Fsp3) is 0.105. The standard InChI is InChI=1S/C19H16Cl2N2O2S/c20-18-13-17(14-22-19(18)21)26(24,25)23(16-9-5-2-6-10-16)12-11-15-7-3-1-4-8-15/h1-10,13-14H,11-12H2. The lowest BCUT2D eigenvalue weighted by molar-refractivity contribution is 0.590. The Bertz CT molecular complexity index is 981. The molecule has 0 saturated carbocycles. The van der Waals surface area contributed by atoms with Crippen molar-refractivity contribution in [2.75, 3.05) is 10.8 Å². The van der Waals surface area contributed by atoms with E-state index in [1.807, 2.05) is 36.4 Å². The Morgan fingerprint density at radius 2 is 1.54 bits per heavy atom. The van der Waals surface area contributed by atoms with Gasteiger partial charge in [0.25, 0.3) is 10.0 Å². The molecular weight excluding hydrogens is 391 g/mol. The van der Waals surface area contributed by atoms with Crippen molar-refractivity contribution in [3.8, 4) is 0 Å². The van der Waals surface area contributed by atoms with Crippen molar-refractivity contribution in [3.63, 3.8) is 0 Å². The molecule has 0 N–H and O–H groups in total. The molecule has 0 bridgehead atoms. The van der Waals surface area contributed by atoms with Crippen molar-refractivity contribution in [2.45, 2.75) is 11.3 Å². The molecule has 0 spiro atoms. The number of aromatic nitrogens is 1. The molecule has 0 aliphatic heterocycles. The topological polar surface area (TPSA) is 50.3 Å². The van der Waals surface area contributed by atoms with Crippen molar-refractivity contribution in [2.24, 2.45) is 0 Å². The van der Waals surface area contributed by atoms with Crippen LogP contribution in [0.4, 0.5) is 5.69 Å². The molecule has 0 aliphatic carbocycles. The molecular formula is C19H16Cl2N2O2S. The van der Waals surface area contributed by atoms with Gasteiger partial charge in [-0.05, 0) is 30.2 Å². The summed E-state index contributed by atoms with van der Waals surface area (Å²) in [6.07, 6.45) is 1.80. The van der Waals surface area contributed by atoms with Crippen LogP contribution in [0.1, 0.15) is 5.56 Å². The lowest BCUT2D eigenvalue weighted by Gasteiger charge is -2.24. The molecule has 0 unspecified atom stereocenters. The normalized spacial score (nSPS) is 11.3. The Morgan fingerprint density at radius 1 is 0.923 bits per heavy atom. The molecule has 3 rings (SSSR count). The van der Waals surface area contributed by atoms with E-state index in [4.69, 9.17) is 23.2 Å². The Kier molecular flexibility index (Phi) is 5.81. The quantitative estimate of drug-likeness (QED) is 0.550. The van der Waals surface area contributed by atoms with Gasteiger partial charge < -0.3 is 0 Å². The molecule has 0 fully saturated rings. The van der Waals surface area contributed by atoms with E-state index < -0.39 is 10.0 Å². The number of anilines is 1. The second-order valence-electron chi connectivity index (χ2n) is 5.59. The summed E-state index contributed by atoms with van der Waals surface area (Å²) in [5.41, 5.74) is 1.63. The zero-order valence-electron chi connectivity index (χ0n) is 13.7. The smallest absolute Gasteiger partial charge is 0.265 e.